The number of fused-ring (bicyclic) bond motifs is 2. The molecule has 0 spiro atoms. The molecular weight excluding hydrogens is 276 g/mol. The van der Waals surface area contributed by atoms with E-state index < -0.39 is 0 Å². The fourth-order valence-electron chi connectivity index (χ4n) is 3.80. The fourth-order valence-corrected chi connectivity index (χ4v) is 3.80. The molecule has 0 unspecified atom stereocenters. The summed E-state index contributed by atoms with van der Waals surface area (Å²) in [5, 5.41) is 2.66. The van der Waals surface area contributed by atoms with Crippen LogP contribution in [0.3, 0.4) is 0 Å². The SMILES string of the molecule is CC(C)CC1=Cc2cccc(-c3cccc4ccccc34)c2C1. The van der Waals surface area contributed by atoms with Gasteiger partial charge in [0.15, 0.2) is 0 Å². The summed E-state index contributed by atoms with van der Waals surface area (Å²) < 4.78 is 0. The Morgan fingerprint density at radius 2 is 1.57 bits per heavy atom. The van der Waals surface area contributed by atoms with Gasteiger partial charge in [-0.25, -0.2) is 0 Å². The van der Waals surface area contributed by atoms with Crippen molar-refractivity contribution in [1.82, 2.24) is 0 Å². The van der Waals surface area contributed by atoms with Gasteiger partial charge in [0, 0.05) is 0 Å². The van der Waals surface area contributed by atoms with Crippen molar-refractivity contribution in [1.29, 1.82) is 0 Å². The maximum atomic E-state index is 2.41. The van der Waals surface area contributed by atoms with Crippen molar-refractivity contribution < 1.29 is 0 Å². The van der Waals surface area contributed by atoms with Gasteiger partial charge in [0.25, 0.3) is 0 Å². The van der Waals surface area contributed by atoms with Crippen LogP contribution in [-0.4, -0.2) is 0 Å². The number of benzene rings is 3. The predicted molar refractivity (Wildman–Crippen MR) is 101 cm³/mol. The van der Waals surface area contributed by atoms with Gasteiger partial charge < -0.3 is 0 Å². The summed E-state index contributed by atoms with van der Waals surface area (Å²) in [6, 6.07) is 22.1. The van der Waals surface area contributed by atoms with Crippen molar-refractivity contribution in [2.24, 2.45) is 5.92 Å². The molecule has 0 N–H and O–H groups in total. The zero-order valence-electron chi connectivity index (χ0n) is 13.8. The summed E-state index contributed by atoms with van der Waals surface area (Å²) >= 11 is 0. The van der Waals surface area contributed by atoms with Gasteiger partial charge in [0.1, 0.15) is 0 Å². The van der Waals surface area contributed by atoms with E-state index in [0.29, 0.717) is 0 Å². The summed E-state index contributed by atoms with van der Waals surface area (Å²) in [6.45, 7) is 4.60. The minimum absolute atomic E-state index is 0.719. The van der Waals surface area contributed by atoms with Crippen LogP contribution in [0.1, 0.15) is 31.4 Å². The van der Waals surface area contributed by atoms with Gasteiger partial charge in [0.05, 0.1) is 0 Å². The molecule has 23 heavy (non-hydrogen) atoms. The van der Waals surface area contributed by atoms with Crippen LogP contribution in [0, 0.1) is 5.92 Å². The molecule has 0 fully saturated rings. The maximum Gasteiger partial charge on any atom is -0.00516 e. The van der Waals surface area contributed by atoms with Gasteiger partial charge in [0.2, 0.25) is 0 Å². The van der Waals surface area contributed by atoms with Crippen LogP contribution in [0.4, 0.5) is 0 Å². The van der Waals surface area contributed by atoms with Crippen molar-refractivity contribution in [3.8, 4) is 11.1 Å². The molecule has 114 valence electrons. The number of allylic oxidation sites excluding steroid dienone is 1. The van der Waals surface area contributed by atoms with E-state index in [0.717, 1.165) is 12.3 Å². The largest absolute Gasteiger partial charge is 0.0649 e. The quantitative estimate of drug-likeness (QED) is 0.518. The third kappa shape index (κ3) is 2.59. The Hall–Kier alpha value is -2.34. The molecule has 1 aliphatic rings. The van der Waals surface area contributed by atoms with Crippen LogP contribution in [0.5, 0.6) is 0 Å². The predicted octanol–water partition coefficient (Wildman–Crippen LogP) is 6.49. The highest BCUT2D eigenvalue weighted by Gasteiger charge is 2.18. The molecule has 0 radical (unpaired) electrons. The highest BCUT2D eigenvalue weighted by Crippen LogP contribution is 2.38. The Morgan fingerprint density at radius 3 is 2.43 bits per heavy atom. The molecule has 3 aromatic rings. The van der Waals surface area contributed by atoms with Gasteiger partial charge in [-0.3, -0.25) is 0 Å². The number of hydrogen-bond acceptors (Lipinski definition) is 0. The lowest BCUT2D eigenvalue weighted by molar-refractivity contribution is 0.638. The summed E-state index contributed by atoms with van der Waals surface area (Å²) in [7, 11) is 0. The zero-order valence-corrected chi connectivity index (χ0v) is 13.8. The Labute approximate surface area is 138 Å². The van der Waals surface area contributed by atoms with E-state index in [1.807, 2.05) is 0 Å². The highest BCUT2D eigenvalue weighted by atomic mass is 14.2. The van der Waals surface area contributed by atoms with Gasteiger partial charge in [-0.2, -0.15) is 0 Å². The Morgan fingerprint density at radius 1 is 0.826 bits per heavy atom. The second-order valence-corrected chi connectivity index (χ2v) is 6.98. The Bertz CT molecular complexity index is 892. The van der Waals surface area contributed by atoms with Crippen LogP contribution in [0.15, 0.2) is 66.2 Å². The van der Waals surface area contributed by atoms with Gasteiger partial charge >= 0.3 is 0 Å². The first-order valence-corrected chi connectivity index (χ1v) is 8.52. The molecule has 0 saturated heterocycles. The summed E-state index contributed by atoms with van der Waals surface area (Å²) in [4.78, 5) is 0. The van der Waals surface area contributed by atoms with Crippen LogP contribution in [0.25, 0.3) is 28.0 Å². The molecule has 4 rings (SSSR count). The molecule has 1 aliphatic carbocycles. The molecule has 0 aromatic heterocycles. The lowest BCUT2D eigenvalue weighted by Crippen LogP contribution is -1.94. The van der Waals surface area contributed by atoms with Crippen molar-refractivity contribution in [2.75, 3.05) is 0 Å². The topological polar surface area (TPSA) is 0 Å². The van der Waals surface area contributed by atoms with Gasteiger partial charge in [-0.05, 0) is 51.8 Å². The van der Waals surface area contributed by atoms with Crippen molar-refractivity contribution in [3.63, 3.8) is 0 Å². The molecule has 0 heteroatoms. The summed E-state index contributed by atoms with van der Waals surface area (Å²) in [5.74, 6) is 0.719. The molecule has 0 heterocycles. The van der Waals surface area contributed by atoms with E-state index in [4.69, 9.17) is 0 Å². The molecule has 0 saturated carbocycles. The molecular formula is C23H22. The third-order valence-corrected chi connectivity index (χ3v) is 4.73. The molecule has 0 amide bonds. The van der Waals surface area contributed by atoms with E-state index in [-0.39, 0.29) is 0 Å². The molecule has 3 aromatic carbocycles. The van der Waals surface area contributed by atoms with E-state index in [1.165, 1.54) is 39.4 Å². The van der Waals surface area contributed by atoms with Crippen LogP contribution >= 0.6 is 0 Å². The minimum atomic E-state index is 0.719. The van der Waals surface area contributed by atoms with Gasteiger partial charge in [-0.1, -0.05) is 86.2 Å². The standard InChI is InChI=1S/C23H22/c1-16(2)13-17-14-19-9-6-12-22(23(19)15-17)21-11-5-8-18-7-3-4-10-20(18)21/h3-12,14,16H,13,15H2,1-2H3. The first-order valence-electron chi connectivity index (χ1n) is 8.52. The molecule has 0 atom stereocenters. The van der Waals surface area contributed by atoms with Crippen molar-refractivity contribution >= 4 is 16.8 Å². The molecule has 0 aliphatic heterocycles. The highest BCUT2D eigenvalue weighted by molar-refractivity contribution is 5.98. The van der Waals surface area contributed by atoms with Crippen molar-refractivity contribution in [3.05, 3.63) is 77.4 Å². The normalized spacial score (nSPS) is 13.4. The maximum absolute atomic E-state index is 2.41. The van der Waals surface area contributed by atoms with E-state index in [9.17, 15) is 0 Å². The monoisotopic (exact) mass is 298 g/mol. The lowest BCUT2D eigenvalue weighted by atomic mass is 9.92. The first-order chi connectivity index (χ1) is 11.2. The van der Waals surface area contributed by atoms with Crippen LogP contribution < -0.4 is 0 Å². The number of rotatable bonds is 3. The summed E-state index contributed by atoms with van der Waals surface area (Å²) in [5.41, 5.74) is 7.24. The first kappa shape index (κ1) is 14.3. The average Bonchev–Trinajstić information content (AvgIpc) is 2.95. The Kier molecular flexibility index (Phi) is 3.53. The lowest BCUT2D eigenvalue weighted by Gasteiger charge is -2.12. The fraction of sp³-hybridized carbons (Fsp3) is 0.217. The smallest absolute Gasteiger partial charge is 0.00516 e. The zero-order chi connectivity index (χ0) is 15.8. The van der Waals surface area contributed by atoms with Crippen LogP contribution in [-0.2, 0) is 6.42 Å². The van der Waals surface area contributed by atoms with Crippen LogP contribution in [0.2, 0.25) is 0 Å². The average molecular weight is 298 g/mol. The Balaban J connectivity index is 1.83. The second-order valence-electron chi connectivity index (χ2n) is 6.98. The third-order valence-electron chi connectivity index (χ3n) is 4.73. The summed E-state index contributed by atoms with van der Waals surface area (Å²) in [6.07, 6.45) is 4.71. The number of hydrogen-bond donors (Lipinski definition) is 0. The van der Waals surface area contributed by atoms with Crippen molar-refractivity contribution in [2.45, 2.75) is 26.7 Å². The van der Waals surface area contributed by atoms with E-state index >= 15 is 0 Å². The molecule has 0 bridgehead atoms. The molecule has 0 nitrogen and oxygen atoms in total. The minimum Gasteiger partial charge on any atom is -0.0649 e. The second kappa shape index (κ2) is 5.70. The van der Waals surface area contributed by atoms with Gasteiger partial charge in [-0.15, -0.1) is 0 Å². The van der Waals surface area contributed by atoms with E-state index in [1.54, 1.807) is 5.57 Å². The van der Waals surface area contributed by atoms with E-state index in [2.05, 4.69) is 80.6 Å².